The number of aliphatic hydroxyl groups excluding tert-OH is 2. The van der Waals surface area contributed by atoms with Crippen molar-refractivity contribution in [3.8, 4) is 0 Å². The minimum Gasteiger partial charge on any atom is -0.481 e. The average Bonchev–Trinajstić information content (AvgIpc) is 2.68. The van der Waals surface area contributed by atoms with Crippen LogP contribution < -0.4 is 0 Å². The molecule has 0 aliphatic carbocycles. The van der Waals surface area contributed by atoms with E-state index in [1.807, 2.05) is 0 Å². The van der Waals surface area contributed by atoms with Crippen LogP contribution in [-0.4, -0.2) is 75.5 Å². The zero-order valence-electron chi connectivity index (χ0n) is 10.9. The highest BCUT2D eigenvalue weighted by Gasteiger charge is 2.42. The van der Waals surface area contributed by atoms with Crippen LogP contribution in [0.3, 0.4) is 0 Å². The van der Waals surface area contributed by atoms with Gasteiger partial charge in [0.15, 0.2) is 0 Å². The Morgan fingerprint density at radius 1 is 1.16 bits per heavy atom. The Morgan fingerprint density at radius 3 is 2.26 bits per heavy atom. The van der Waals surface area contributed by atoms with Gasteiger partial charge in [-0.25, -0.2) is 4.79 Å². The molecule has 2 fully saturated rings. The summed E-state index contributed by atoms with van der Waals surface area (Å²) in [6.45, 7) is 2.53. The maximum Gasteiger partial charge on any atom is 0.320 e. The van der Waals surface area contributed by atoms with Crippen LogP contribution in [-0.2, 0) is 4.79 Å². The molecule has 2 heterocycles. The Kier molecular flexibility index (Phi) is 3.69. The van der Waals surface area contributed by atoms with Crippen molar-refractivity contribution in [3.05, 3.63) is 0 Å². The lowest BCUT2D eigenvalue weighted by Gasteiger charge is -2.39. The number of urea groups is 1. The number of β-amino-alcohol motifs (C(OH)–C–C–N with tert-alkyl or cyclic N) is 2. The van der Waals surface area contributed by atoms with Crippen LogP contribution in [0.5, 0.6) is 0 Å². The van der Waals surface area contributed by atoms with Gasteiger partial charge in [-0.2, -0.15) is 0 Å². The van der Waals surface area contributed by atoms with Crippen molar-refractivity contribution in [3.63, 3.8) is 0 Å². The number of nitrogens with zero attached hydrogens (tertiary/aromatic N) is 2. The third-order valence-corrected chi connectivity index (χ3v) is 4.01. The molecule has 19 heavy (non-hydrogen) atoms. The summed E-state index contributed by atoms with van der Waals surface area (Å²) >= 11 is 0. The molecule has 3 N–H and O–H groups in total. The van der Waals surface area contributed by atoms with Gasteiger partial charge in [0, 0.05) is 13.1 Å². The molecule has 3 atom stereocenters. The van der Waals surface area contributed by atoms with E-state index in [4.69, 9.17) is 0 Å². The van der Waals surface area contributed by atoms with Gasteiger partial charge in [-0.1, -0.05) is 0 Å². The summed E-state index contributed by atoms with van der Waals surface area (Å²) in [7, 11) is 0. The maximum absolute atomic E-state index is 12.2. The van der Waals surface area contributed by atoms with Crippen molar-refractivity contribution < 1.29 is 24.9 Å². The second-order valence-electron chi connectivity index (χ2n) is 5.71. The van der Waals surface area contributed by atoms with E-state index in [-0.39, 0.29) is 25.7 Å². The fraction of sp³-hybridized carbons (Fsp3) is 0.833. The van der Waals surface area contributed by atoms with Crippen molar-refractivity contribution in [1.29, 1.82) is 0 Å². The highest BCUT2D eigenvalue weighted by molar-refractivity contribution is 5.78. The number of aliphatic carboxylic acids is 1. The van der Waals surface area contributed by atoms with Crippen LogP contribution >= 0.6 is 0 Å². The van der Waals surface area contributed by atoms with Crippen molar-refractivity contribution >= 4 is 12.0 Å². The molecule has 0 aromatic heterocycles. The molecule has 0 radical (unpaired) electrons. The summed E-state index contributed by atoms with van der Waals surface area (Å²) in [6, 6.07) is -0.303. The molecule has 7 heteroatoms. The minimum atomic E-state index is -0.917. The van der Waals surface area contributed by atoms with E-state index < -0.39 is 23.6 Å². The van der Waals surface area contributed by atoms with Gasteiger partial charge in [0.1, 0.15) is 0 Å². The Bertz CT molecular complexity index is 378. The van der Waals surface area contributed by atoms with Crippen molar-refractivity contribution in [2.24, 2.45) is 5.41 Å². The number of carboxylic acid groups (broad SMARTS) is 1. The quantitative estimate of drug-likeness (QED) is 0.587. The standard InChI is InChI=1S/C12H20N2O5/c1-12(10(17)18)3-2-4-13(7-12)11(19)14-5-8(15)9(16)6-14/h8-9,15-16H,2-7H2,1H3,(H,17,18). The summed E-state index contributed by atoms with van der Waals surface area (Å²) in [5, 5.41) is 28.1. The van der Waals surface area contributed by atoms with Gasteiger partial charge in [-0.3, -0.25) is 4.79 Å². The van der Waals surface area contributed by atoms with Gasteiger partial charge in [0.05, 0.1) is 30.7 Å². The van der Waals surface area contributed by atoms with Crippen LogP contribution in [0.15, 0.2) is 0 Å². The second-order valence-corrected chi connectivity index (χ2v) is 5.71. The van der Waals surface area contributed by atoms with E-state index in [9.17, 15) is 24.9 Å². The molecular weight excluding hydrogens is 252 g/mol. The molecule has 0 saturated carbocycles. The average molecular weight is 272 g/mol. The molecule has 108 valence electrons. The molecule has 0 spiro atoms. The number of aliphatic hydroxyl groups is 2. The third-order valence-electron chi connectivity index (χ3n) is 4.01. The van der Waals surface area contributed by atoms with Gasteiger partial charge >= 0.3 is 12.0 Å². The highest BCUT2D eigenvalue weighted by atomic mass is 16.4. The first-order valence-corrected chi connectivity index (χ1v) is 6.47. The van der Waals surface area contributed by atoms with E-state index in [0.717, 1.165) is 0 Å². The van der Waals surface area contributed by atoms with Crippen LogP contribution in [0, 0.1) is 5.41 Å². The number of carbonyl (C=O) groups is 2. The topological polar surface area (TPSA) is 101 Å². The zero-order chi connectivity index (χ0) is 14.2. The molecular formula is C12H20N2O5. The lowest BCUT2D eigenvalue weighted by atomic mass is 9.82. The number of carbonyl (C=O) groups excluding carboxylic acids is 1. The molecule has 7 nitrogen and oxygen atoms in total. The van der Waals surface area contributed by atoms with E-state index >= 15 is 0 Å². The highest BCUT2D eigenvalue weighted by Crippen LogP contribution is 2.30. The van der Waals surface area contributed by atoms with E-state index in [0.29, 0.717) is 19.4 Å². The summed E-state index contributed by atoms with van der Waals surface area (Å²) in [5.74, 6) is -0.897. The van der Waals surface area contributed by atoms with Gasteiger partial charge in [0.2, 0.25) is 0 Å². The smallest absolute Gasteiger partial charge is 0.320 e. The second kappa shape index (κ2) is 4.97. The van der Waals surface area contributed by atoms with Gasteiger partial charge in [0.25, 0.3) is 0 Å². The first-order valence-electron chi connectivity index (χ1n) is 6.47. The fourth-order valence-corrected chi connectivity index (χ4v) is 2.70. The number of piperidine rings is 1. The van der Waals surface area contributed by atoms with E-state index in [2.05, 4.69) is 0 Å². The largest absolute Gasteiger partial charge is 0.481 e. The first-order chi connectivity index (χ1) is 8.83. The summed E-state index contributed by atoms with van der Waals surface area (Å²) in [6.07, 6.45) is -0.635. The molecule has 0 bridgehead atoms. The van der Waals surface area contributed by atoms with Crippen molar-refractivity contribution in [1.82, 2.24) is 9.80 Å². The Balaban J connectivity index is 2.02. The van der Waals surface area contributed by atoms with Crippen molar-refractivity contribution in [2.45, 2.75) is 32.0 Å². The molecule has 0 aromatic carbocycles. The van der Waals surface area contributed by atoms with Crippen LogP contribution in [0.4, 0.5) is 4.79 Å². The van der Waals surface area contributed by atoms with Gasteiger partial charge in [-0.05, 0) is 19.8 Å². The number of likely N-dealkylation sites (tertiary alicyclic amines) is 2. The number of rotatable bonds is 1. The molecule has 2 saturated heterocycles. The molecule has 0 aromatic rings. The minimum absolute atomic E-state index is 0.0975. The molecule has 2 aliphatic rings. The van der Waals surface area contributed by atoms with Crippen LogP contribution in [0.25, 0.3) is 0 Å². The summed E-state index contributed by atoms with van der Waals surface area (Å²) < 4.78 is 0. The zero-order valence-corrected chi connectivity index (χ0v) is 10.9. The van der Waals surface area contributed by atoms with E-state index in [1.165, 1.54) is 9.80 Å². The summed E-state index contributed by atoms with van der Waals surface area (Å²) in [5.41, 5.74) is -0.912. The molecule has 2 amide bonds. The Morgan fingerprint density at radius 2 is 1.74 bits per heavy atom. The molecule has 3 unspecified atom stereocenters. The number of hydrogen-bond acceptors (Lipinski definition) is 4. The number of amides is 2. The Hall–Kier alpha value is -1.34. The third kappa shape index (κ3) is 2.66. The van der Waals surface area contributed by atoms with Crippen LogP contribution in [0.1, 0.15) is 19.8 Å². The first kappa shape index (κ1) is 14.1. The monoisotopic (exact) mass is 272 g/mol. The lowest BCUT2D eigenvalue weighted by Crippen LogP contribution is -2.52. The molecule has 2 rings (SSSR count). The number of hydrogen-bond donors (Lipinski definition) is 3. The van der Waals surface area contributed by atoms with E-state index in [1.54, 1.807) is 6.92 Å². The van der Waals surface area contributed by atoms with Gasteiger partial charge in [-0.15, -0.1) is 0 Å². The molecule has 2 aliphatic heterocycles. The SMILES string of the molecule is CC1(C(=O)O)CCCN(C(=O)N2CC(O)C(O)C2)C1. The maximum atomic E-state index is 12.2. The van der Waals surface area contributed by atoms with Crippen LogP contribution in [0.2, 0.25) is 0 Å². The normalized spacial score (nSPS) is 35.5. The predicted octanol–water partition coefficient (Wildman–Crippen LogP) is -0.669. The van der Waals surface area contributed by atoms with Gasteiger partial charge < -0.3 is 25.1 Å². The fourth-order valence-electron chi connectivity index (χ4n) is 2.70. The van der Waals surface area contributed by atoms with Crippen molar-refractivity contribution in [2.75, 3.05) is 26.2 Å². The number of carboxylic acids is 1. The summed E-state index contributed by atoms with van der Waals surface area (Å²) in [4.78, 5) is 26.4. The predicted molar refractivity (Wildman–Crippen MR) is 65.5 cm³/mol. The lowest BCUT2D eigenvalue weighted by molar-refractivity contribution is -0.150. The Labute approximate surface area is 111 Å².